The van der Waals surface area contributed by atoms with E-state index in [1.54, 1.807) is 36.2 Å². The molecular weight excluding hydrogens is 444 g/mol. The Labute approximate surface area is 184 Å². The average Bonchev–Trinajstić information content (AvgIpc) is 2.78. The van der Waals surface area contributed by atoms with Gasteiger partial charge in [-0.05, 0) is 41.5 Å². The fourth-order valence-corrected chi connectivity index (χ4v) is 3.08. The van der Waals surface area contributed by atoms with Gasteiger partial charge < -0.3 is 15.0 Å². The van der Waals surface area contributed by atoms with Crippen molar-refractivity contribution in [2.45, 2.75) is 13.1 Å². The van der Waals surface area contributed by atoms with Crippen LogP contribution in [-0.2, 0) is 17.9 Å². The van der Waals surface area contributed by atoms with Crippen LogP contribution >= 0.6 is 15.9 Å². The molecule has 0 radical (unpaired) electrons. The predicted octanol–water partition coefficient (Wildman–Crippen LogP) is 4.42. The molecule has 0 atom stereocenters. The number of hydrogen-bond acceptors (Lipinski definition) is 3. The molecular formula is C24H23BrN2O3. The van der Waals surface area contributed by atoms with E-state index in [0.29, 0.717) is 24.4 Å². The lowest BCUT2D eigenvalue weighted by molar-refractivity contribution is -0.132. The Morgan fingerprint density at radius 1 is 0.933 bits per heavy atom. The van der Waals surface area contributed by atoms with Crippen molar-refractivity contribution < 1.29 is 14.3 Å². The van der Waals surface area contributed by atoms with Gasteiger partial charge in [0, 0.05) is 30.2 Å². The first-order chi connectivity index (χ1) is 14.5. The number of amides is 2. The molecule has 30 heavy (non-hydrogen) atoms. The Balaban J connectivity index is 1.51. The van der Waals surface area contributed by atoms with Crippen LogP contribution in [0.25, 0.3) is 0 Å². The monoisotopic (exact) mass is 466 g/mol. The van der Waals surface area contributed by atoms with Crippen molar-refractivity contribution in [3.05, 3.63) is 100 Å². The minimum atomic E-state index is -0.192. The number of likely N-dealkylation sites (N-methyl/N-ethyl adjacent to an activating group) is 1. The van der Waals surface area contributed by atoms with Gasteiger partial charge in [0.1, 0.15) is 5.75 Å². The van der Waals surface area contributed by atoms with E-state index in [9.17, 15) is 9.59 Å². The van der Waals surface area contributed by atoms with E-state index in [1.807, 2.05) is 54.6 Å². The van der Waals surface area contributed by atoms with Gasteiger partial charge in [-0.1, -0.05) is 64.5 Å². The van der Waals surface area contributed by atoms with Crippen molar-refractivity contribution >= 4 is 27.7 Å². The minimum absolute atomic E-state index is 0.0951. The lowest BCUT2D eigenvalue weighted by Crippen LogP contribution is -2.31. The SMILES string of the molecule is CN(Cc1ccc(Br)cc1)C(=O)COc1cccc(C(=O)NCc2ccccc2)c1. The topological polar surface area (TPSA) is 58.6 Å². The van der Waals surface area contributed by atoms with E-state index in [4.69, 9.17) is 4.74 Å². The van der Waals surface area contributed by atoms with Gasteiger partial charge in [0.05, 0.1) is 0 Å². The largest absolute Gasteiger partial charge is 0.484 e. The molecule has 0 aliphatic rings. The number of nitrogens with zero attached hydrogens (tertiary/aromatic N) is 1. The molecule has 6 heteroatoms. The number of nitrogens with one attached hydrogen (secondary N) is 1. The van der Waals surface area contributed by atoms with Crippen LogP contribution < -0.4 is 10.1 Å². The van der Waals surface area contributed by atoms with Crippen LogP contribution in [0.2, 0.25) is 0 Å². The number of ether oxygens (including phenoxy) is 1. The third kappa shape index (κ3) is 6.46. The fraction of sp³-hybridized carbons (Fsp3) is 0.167. The van der Waals surface area contributed by atoms with Crippen LogP contribution in [0.3, 0.4) is 0 Å². The molecule has 2 amide bonds. The summed E-state index contributed by atoms with van der Waals surface area (Å²) in [6, 6.07) is 24.4. The number of benzene rings is 3. The summed E-state index contributed by atoms with van der Waals surface area (Å²) in [6.45, 7) is 0.851. The van der Waals surface area contributed by atoms with E-state index in [2.05, 4.69) is 21.2 Å². The maximum atomic E-state index is 12.4. The lowest BCUT2D eigenvalue weighted by Gasteiger charge is -2.18. The van der Waals surface area contributed by atoms with Gasteiger partial charge in [-0.2, -0.15) is 0 Å². The molecule has 0 aliphatic carbocycles. The number of carbonyl (C=O) groups is 2. The molecule has 0 aliphatic heterocycles. The molecule has 3 rings (SSSR count). The smallest absolute Gasteiger partial charge is 0.260 e. The first kappa shape index (κ1) is 21.6. The van der Waals surface area contributed by atoms with Gasteiger partial charge in [-0.3, -0.25) is 9.59 Å². The molecule has 3 aromatic rings. The van der Waals surface area contributed by atoms with E-state index in [1.165, 1.54) is 0 Å². The molecule has 3 aromatic carbocycles. The minimum Gasteiger partial charge on any atom is -0.484 e. The second-order valence-electron chi connectivity index (χ2n) is 6.86. The summed E-state index contributed by atoms with van der Waals surface area (Å²) in [5, 5.41) is 2.88. The van der Waals surface area contributed by atoms with Crippen molar-refractivity contribution in [3.8, 4) is 5.75 Å². The van der Waals surface area contributed by atoms with Crippen molar-refractivity contribution in [1.82, 2.24) is 10.2 Å². The van der Waals surface area contributed by atoms with Crippen LogP contribution in [0.4, 0.5) is 0 Å². The Morgan fingerprint density at radius 3 is 2.40 bits per heavy atom. The van der Waals surface area contributed by atoms with Gasteiger partial charge in [0.2, 0.25) is 0 Å². The number of rotatable bonds is 8. The standard InChI is InChI=1S/C24H23BrN2O3/c1-27(16-19-10-12-21(25)13-11-19)23(28)17-30-22-9-5-8-20(14-22)24(29)26-15-18-6-3-2-4-7-18/h2-14H,15-17H2,1H3,(H,26,29). The zero-order chi connectivity index (χ0) is 21.3. The first-order valence-corrected chi connectivity index (χ1v) is 10.3. The van der Waals surface area contributed by atoms with Gasteiger partial charge in [-0.25, -0.2) is 0 Å². The van der Waals surface area contributed by atoms with Gasteiger partial charge in [-0.15, -0.1) is 0 Å². The maximum absolute atomic E-state index is 12.4. The molecule has 0 fully saturated rings. The number of carbonyl (C=O) groups excluding carboxylic acids is 2. The van der Waals surface area contributed by atoms with E-state index in [-0.39, 0.29) is 18.4 Å². The van der Waals surface area contributed by atoms with Crippen LogP contribution in [-0.4, -0.2) is 30.4 Å². The lowest BCUT2D eigenvalue weighted by atomic mass is 10.2. The van der Waals surface area contributed by atoms with E-state index >= 15 is 0 Å². The quantitative estimate of drug-likeness (QED) is 0.534. The third-order valence-electron chi connectivity index (χ3n) is 4.51. The van der Waals surface area contributed by atoms with Crippen LogP contribution in [0.5, 0.6) is 5.75 Å². The van der Waals surface area contributed by atoms with Gasteiger partial charge in [0.15, 0.2) is 6.61 Å². The highest BCUT2D eigenvalue weighted by Crippen LogP contribution is 2.15. The van der Waals surface area contributed by atoms with Crippen LogP contribution in [0, 0.1) is 0 Å². The highest BCUT2D eigenvalue weighted by molar-refractivity contribution is 9.10. The summed E-state index contributed by atoms with van der Waals surface area (Å²) >= 11 is 3.40. The fourth-order valence-electron chi connectivity index (χ4n) is 2.81. The highest BCUT2D eigenvalue weighted by Gasteiger charge is 2.12. The Morgan fingerprint density at radius 2 is 1.67 bits per heavy atom. The zero-order valence-electron chi connectivity index (χ0n) is 16.7. The highest BCUT2D eigenvalue weighted by atomic mass is 79.9. The summed E-state index contributed by atoms with van der Waals surface area (Å²) < 4.78 is 6.62. The maximum Gasteiger partial charge on any atom is 0.260 e. The molecule has 0 heterocycles. The zero-order valence-corrected chi connectivity index (χ0v) is 18.3. The molecule has 0 aromatic heterocycles. The van der Waals surface area contributed by atoms with Crippen molar-refractivity contribution in [1.29, 1.82) is 0 Å². The molecule has 1 N–H and O–H groups in total. The number of halogens is 1. The Bertz CT molecular complexity index is 991. The summed E-state index contributed by atoms with van der Waals surface area (Å²) in [6.07, 6.45) is 0. The second kappa shape index (κ2) is 10.6. The average molecular weight is 467 g/mol. The summed E-state index contributed by atoms with van der Waals surface area (Å²) in [5.41, 5.74) is 2.54. The summed E-state index contributed by atoms with van der Waals surface area (Å²) in [5.74, 6) is 0.146. The molecule has 154 valence electrons. The third-order valence-corrected chi connectivity index (χ3v) is 5.04. The molecule has 0 saturated heterocycles. The molecule has 5 nitrogen and oxygen atoms in total. The van der Waals surface area contributed by atoms with Gasteiger partial charge >= 0.3 is 0 Å². The molecule has 0 spiro atoms. The van der Waals surface area contributed by atoms with Crippen LogP contribution in [0.1, 0.15) is 21.5 Å². The normalized spacial score (nSPS) is 10.3. The van der Waals surface area contributed by atoms with Crippen LogP contribution in [0.15, 0.2) is 83.3 Å². The number of hydrogen-bond donors (Lipinski definition) is 1. The molecule has 0 unspecified atom stereocenters. The van der Waals surface area contributed by atoms with Crippen molar-refractivity contribution in [2.75, 3.05) is 13.7 Å². The van der Waals surface area contributed by atoms with E-state index < -0.39 is 0 Å². The first-order valence-electron chi connectivity index (χ1n) is 9.54. The molecule has 0 bridgehead atoms. The predicted molar refractivity (Wildman–Crippen MR) is 120 cm³/mol. The van der Waals surface area contributed by atoms with Crippen molar-refractivity contribution in [3.63, 3.8) is 0 Å². The Hall–Kier alpha value is -3.12. The van der Waals surface area contributed by atoms with E-state index in [0.717, 1.165) is 15.6 Å². The van der Waals surface area contributed by atoms with Crippen molar-refractivity contribution in [2.24, 2.45) is 0 Å². The Kier molecular flexibility index (Phi) is 7.63. The van der Waals surface area contributed by atoms with Gasteiger partial charge in [0.25, 0.3) is 11.8 Å². The molecule has 0 saturated carbocycles. The summed E-state index contributed by atoms with van der Waals surface area (Å²) in [4.78, 5) is 26.4. The summed E-state index contributed by atoms with van der Waals surface area (Å²) in [7, 11) is 1.74. The second-order valence-corrected chi connectivity index (χ2v) is 7.78.